The monoisotopic (exact) mass is 517 g/mol. The largest absolute Gasteiger partial charge is 0.480 e. The number of hydrogen-bond acceptors (Lipinski definition) is 6. The number of hydrogen-bond donors (Lipinski definition) is 4. The van der Waals surface area contributed by atoms with Gasteiger partial charge in [-0.1, -0.05) is 55.0 Å². The Bertz CT molecular complexity index is 1340. The number of carbonyl (C=O) groups is 3. The fourth-order valence-corrected chi connectivity index (χ4v) is 4.55. The van der Waals surface area contributed by atoms with E-state index in [1.807, 2.05) is 64.1 Å². The zero-order chi connectivity index (χ0) is 28.0. The fraction of sp³-hybridized carbons (Fsp3) is 0.345. The van der Waals surface area contributed by atoms with Crippen molar-refractivity contribution < 1.29 is 19.5 Å². The molecule has 1 aromatic heterocycles. The van der Waals surface area contributed by atoms with Gasteiger partial charge in [0.1, 0.15) is 23.6 Å². The van der Waals surface area contributed by atoms with Crippen molar-refractivity contribution in [2.75, 3.05) is 17.6 Å². The van der Waals surface area contributed by atoms with Crippen molar-refractivity contribution in [1.29, 1.82) is 0 Å². The molecule has 38 heavy (non-hydrogen) atoms. The van der Waals surface area contributed by atoms with E-state index in [0.29, 0.717) is 23.6 Å². The van der Waals surface area contributed by atoms with Gasteiger partial charge in [0.2, 0.25) is 11.8 Å². The number of benzene rings is 1. The van der Waals surface area contributed by atoms with Gasteiger partial charge in [-0.25, -0.2) is 9.97 Å². The summed E-state index contributed by atoms with van der Waals surface area (Å²) in [5.74, 6) is -0.582. The van der Waals surface area contributed by atoms with Gasteiger partial charge in [-0.2, -0.15) is 0 Å². The molecule has 0 spiro atoms. The Kier molecular flexibility index (Phi) is 8.83. The number of amides is 2. The molecule has 0 fully saturated rings. The first-order valence-corrected chi connectivity index (χ1v) is 12.6. The maximum Gasteiger partial charge on any atom is 0.322 e. The molecular formula is C29H35N5O4. The van der Waals surface area contributed by atoms with Crippen LogP contribution in [0.5, 0.6) is 0 Å². The van der Waals surface area contributed by atoms with Crippen LogP contribution in [0.2, 0.25) is 0 Å². The van der Waals surface area contributed by atoms with Gasteiger partial charge in [-0.3, -0.25) is 14.4 Å². The number of carbonyl (C=O) groups excluding carboxylic acids is 2. The number of fused-ring (bicyclic) bond motifs is 1. The van der Waals surface area contributed by atoms with E-state index in [-0.39, 0.29) is 24.1 Å². The summed E-state index contributed by atoms with van der Waals surface area (Å²) in [5, 5.41) is 13.9. The molecule has 1 aromatic carbocycles. The van der Waals surface area contributed by atoms with Crippen LogP contribution >= 0.6 is 0 Å². The van der Waals surface area contributed by atoms with Crippen molar-refractivity contribution in [3.63, 3.8) is 0 Å². The fourth-order valence-electron chi connectivity index (χ4n) is 4.55. The molecular weight excluding hydrogens is 482 g/mol. The summed E-state index contributed by atoms with van der Waals surface area (Å²) in [5.41, 5.74) is 10.5. The predicted molar refractivity (Wildman–Crippen MR) is 148 cm³/mol. The van der Waals surface area contributed by atoms with Crippen molar-refractivity contribution in [3.05, 3.63) is 76.2 Å². The predicted octanol–water partition coefficient (Wildman–Crippen LogP) is 4.16. The van der Waals surface area contributed by atoms with Gasteiger partial charge in [0.05, 0.1) is 5.56 Å². The van der Waals surface area contributed by atoms with E-state index in [0.717, 1.165) is 34.3 Å². The zero-order valence-corrected chi connectivity index (χ0v) is 22.5. The minimum absolute atomic E-state index is 0.158. The number of anilines is 2. The van der Waals surface area contributed by atoms with Crippen molar-refractivity contribution in [3.8, 4) is 0 Å². The molecule has 0 bridgehead atoms. The normalized spacial score (nSPS) is 16.8. The third-order valence-corrected chi connectivity index (χ3v) is 6.54. The van der Waals surface area contributed by atoms with Crippen molar-refractivity contribution in [2.24, 2.45) is 0 Å². The lowest BCUT2D eigenvalue weighted by Crippen LogP contribution is -2.33. The third kappa shape index (κ3) is 5.82. The topological polar surface area (TPSA) is 147 Å². The first kappa shape index (κ1) is 28.3. The highest BCUT2D eigenvalue weighted by Crippen LogP contribution is 2.45. The molecule has 1 aliphatic rings. The first-order valence-electron chi connectivity index (χ1n) is 12.6. The van der Waals surface area contributed by atoms with Crippen molar-refractivity contribution in [2.45, 2.75) is 59.3 Å². The molecule has 0 radical (unpaired) electrons. The number of carboxylic acid groups (broad SMARTS) is 1. The number of carboxylic acids is 1. The molecule has 0 aliphatic carbocycles. The van der Waals surface area contributed by atoms with Crippen LogP contribution in [-0.2, 0) is 26.2 Å². The quantitative estimate of drug-likeness (QED) is 0.346. The molecule has 0 saturated carbocycles. The van der Waals surface area contributed by atoms with Gasteiger partial charge < -0.3 is 21.5 Å². The summed E-state index contributed by atoms with van der Waals surface area (Å²) in [6.45, 7) is 9.44. The van der Waals surface area contributed by atoms with E-state index in [9.17, 15) is 14.4 Å². The molecule has 0 saturated heterocycles. The Morgan fingerprint density at radius 2 is 1.87 bits per heavy atom. The molecule has 9 heteroatoms. The van der Waals surface area contributed by atoms with E-state index in [1.54, 1.807) is 6.92 Å². The molecule has 5 N–H and O–H groups in total. The van der Waals surface area contributed by atoms with Crippen LogP contribution in [0.15, 0.2) is 53.6 Å². The van der Waals surface area contributed by atoms with Crippen LogP contribution in [0.3, 0.4) is 0 Å². The van der Waals surface area contributed by atoms with Crippen LogP contribution < -0.4 is 16.4 Å². The Morgan fingerprint density at radius 3 is 2.45 bits per heavy atom. The molecule has 1 aliphatic heterocycles. The number of nitrogen functional groups attached to an aromatic ring is 1. The van der Waals surface area contributed by atoms with Gasteiger partial charge >= 0.3 is 5.97 Å². The second-order valence-corrected chi connectivity index (χ2v) is 9.54. The lowest BCUT2D eigenvalue weighted by Gasteiger charge is -2.24. The molecule has 200 valence electrons. The molecule has 2 aromatic rings. The van der Waals surface area contributed by atoms with Gasteiger partial charge in [0.25, 0.3) is 0 Å². The van der Waals surface area contributed by atoms with Crippen LogP contribution in [0.4, 0.5) is 11.6 Å². The Morgan fingerprint density at radius 1 is 1.18 bits per heavy atom. The number of nitrogens with two attached hydrogens (primary N) is 1. The Labute approximate surface area is 223 Å². The number of nitrogens with zero attached hydrogens (tertiary/aromatic N) is 2. The smallest absolute Gasteiger partial charge is 0.322 e. The van der Waals surface area contributed by atoms with E-state index in [1.165, 1.54) is 0 Å². The van der Waals surface area contributed by atoms with E-state index < -0.39 is 17.9 Å². The van der Waals surface area contributed by atoms with Crippen molar-refractivity contribution >= 4 is 35.0 Å². The number of aryl methyl sites for hydroxylation is 1. The van der Waals surface area contributed by atoms with Crippen LogP contribution in [0, 0.1) is 0 Å². The van der Waals surface area contributed by atoms with E-state index in [2.05, 4.69) is 21.7 Å². The number of aromatic nitrogens is 2. The molecule has 2 amide bonds. The summed E-state index contributed by atoms with van der Waals surface area (Å²) in [7, 11) is 0. The molecule has 2 heterocycles. The van der Waals surface area contributed by atoms with Crippen LogP contribution in [0.1, 0.15) is 70.0 Å². The van der Waals surface area contributed by atoms with E-state index >= 15 is 0 Å². The number of aliphatic carboxylic acids is 1. The van der Waals surface area contributed by atoms with Gasteiger partial charge in [0, 0.05) is 12.0 Å². The summed E-state index contributed by atoms with van der Waals surface area (Å²) in [6, 6.07) is 7.37. The van der Waals surface area contributed by atoms with Crippen LogP contribution in [0.25, 0.3) is 5.57 Å². The average molecular weight is 518 g/mol. The van der Waals surface area contributed by atoms with E-state index in [4.69, 9.17) is 15.8 Å². The Balaban J connectivity index is 1.93. The summed E-state index contributed by atoms with van der Waals surface area (Å²) >= 11 is 0. The number of rotatable bonds is 10. The third-order valence-electron chi connectivity index (χ3n) is 6.54. The Hall–Kier alpha value is -4.27. The molecule has 9 nitrogen and oxygen atoms in total. The minimum Gasteiger partial charge on any atom is -0.480 e. The molecule has 0 unspecified atom stereocenters. The highest BCUT2D eigenvalue weighted by molar-refractivity contribution is 6.09. The van der Waals surface area contributed by atoms with Gasteiger partial charge in [-0.15, -0.1) is 0 Å². The highest BCUT2D eigenvalue weighted by atomic mass is 16.4. The standard InChI is InChI=1S/C29H35N5O4/c1-6-8-20(17(3)4)21(9-7-2)26-32-25(30)24-27(33-26)34-28(38)29(24,5)19-13-10-18(11-14-19)12-15-22(35)31-16-23(36)37/h6,8-11,13-14H,7,12,15-16H2,1-5H3,(H,31,35)(H,36,37)(H3,30,32,33,34,38)/b8-6-,21-9?/t29-/m0/s1. The maximum atomic E-state index is 13.3. The molecule has 3 rings (SSSR count). The number of allylic oxidation sites excluding steroid dienone is 6. The lowest BCUT2D eigenvalue weighted by molar-refractivity contribution is -0.137. The van der Waals surface area contributed by atoms with Crippen molar-refractivity contribution in [1.82, 2.24) is 15.3 Å². The second-order valence-electron chi connectivity index (χ2n) is 9.54. The summed E-state index contributed by atoms with van der Waals surface area (Å²) < 4.78 is 0. The van der Waals surface area contributed by atoms with Gasteiger partial charge in [0.15, 0.2) is 5.82 Å². The maximum absolute atomic E-state index is 13.3. The summed E-state index contributed by atoms with van der Waals surface area (Å²) in [4.78, 5) is 45.1. The second kappa shape index (κ2) is 11.9. The average Bonchev–Trinajstić information content (AvgIpc) is 3.14. The minimum atomic E-state index is -1.09. The summed E-state index contributed by atoms with van der Waals surface area (Å²) in [6.07, 6.45) is 7.41. The number of nitrogens with one attached hydrogen (secondary N) is 2. The SMILES string of the molecule is C/C=C\C(C(=CCC)c1nc(N)c2c(n1)NC(=O)[C@@]2(C)c1ccc(CCC(=O)NCC(=O)O)cc1)=C(C)C. The van der Waals surface area contributed by atoms with Gasteiger partial charge in [-0.05, 0) is 57.2 Å². The lowest BCUT2D eigenvalue weighted by atomic mass is 9.77. The molecule has 1 atom stereocenters. The zero-order valence-electron chi connectivity index (χ0n) is 22.5. The highest BCUT2D eigenvalue weighted by Gasteiger charge is 2.47. The van der Waals surface area contributed by atoms with Crippen LogP contribution in [-0.4, -0.2) is 39.4 Å². The first-order chi connectivity index (χ1) is 18.0.